The Morgan fingerprint density at radius 3 is 1.91 bits per heavy atom. The van der Waals surface area contributed by atoms with Crippen molar-refractivity contribution in [2.45, 2.75) is 65.1 Å². The molecule has 15 nitrogen and oxygen atoms in total. The van der Waals surface area contributed by atoms with Gasteiger partial charge in [0.05, 0.1) is 13.1 Å². The molecule has 0 saturated carbocycles. The van der Waals surface area contributed by atoms with Crippen LogP contribution in [0.4, 0.5) is 0 Å². The zero-order valence-corrected chi connectivity index (χ0v) is 31.8. The number of esters is 2. The van der Waals surface area contributed by atoms with E-state index in [2.05, 4.69) is 31.5 Å². The first-order valence-electron chi connectivity index (χ1n) is 17.4. The van der Waals surface area contributed by atoms with Crippen molar-refractivity contribution in [2.75, 3.05) is 51.3 Å². The molecule has 0 aliphatic heterocycles. The van der Waals surface area contributed by atoms with Gasteiger partial charge in [-0.3, -0.25) is 28.8 Å². The maximum Gasteiger partial charge on any atom is 0.328 e. The maximum absolute atomic E-state index is 13.5. The van der Waals surface area contributed by atoms with Crippen molar-refractivity contribution in [3.05, 3.63) is 65.7 Å². The number of carbonyl (C=O) groups excluding carboxylic acids is 7. The van der Waals surface area contributed by atoms with Gasteiger partial charge in [0.2, 0.25) is 29.5 Å². The summed E-state index contributed by atoms with van der Waals surface area (Å²) < 4.78 is 10.5. The van der Waals surface area contributed by atoms with Gasteiger partial charge in [-0.2, -0.15) is 11.8 Å². The summed E-state index contributed by atoms with van der Waals surface area (Å²) in [5.74, 6) is -3.16. The monoisotopic (exact) mass is 756 g/mol. The first kappa shape index (κ1) is 44.2. The molecular formula is C37H52N6O9S. The Labute approximate surface area is 315 Å². The third-order valence-corrected chi connectivity index (χ3v) is 8.52. The van der Waals surface area contributed by atoms with Crippen molar-refractivity contribution in [3.8, 4) is 5.75 Å². The SMILES string of the molecule is CCN(CC)CCOC(=O)C(CCSC)NC(=O)C(Cc1ccccc1)NC(=O)CNC(=O)CNC(=O)C(Cc1ccc(OC(C)=O)cc1)NC(C)=O. The van der Waals surface area contributed by atoms with Gasteiger partial charge in [0.15, 0.2) is 0 Å². The number of rotatable bonds is 23. The number of nitrogens with zero attached hydrogens (tertiary/aromatic N) is 1. The van der Waals surface area contributed by atoms with E-state index in [1.165, 1.54) is 25.6 Å². The molecule has 0 radical (unpaired) electrons. The lowest BCUT2D eigenvalue weighted by Gasteiger charge is -2.24. The van der Waals surface area contributed by atoms with Gasteiger partial charge in [-0.25, -0.2) is 4.79 Å². The van der Waals surface area contributed by atoms with Crippen LogP contribution in [0.15, 0.2) is 54.6 Å². The molecule has 0 fully saturated rings. The normalized spacial score (nSPS) is 12.4. The lowest BCUT2D eigenvalue weighted by atomic mass is 10.0. The smallest absolute Gasteiger partial charge is 0.328 e. The number of likely N-dealkylation sites (N-methyl/N-ethyl adjacent to an activating group) is 1. The highest BCUT2D eigenvalue weighted by atomic mass is 32.2. The Kier molecular flexibility index (Phi) is 20.3. The summed E-state index contributed by atoms with van der Waals surface area (Å²) in [7, 11) is 0. The Bertz CT molecular complexity index is 1510. The molecule has 0 bridgehead atoms. The van der Waals surface area contributed by atoms with Crippen LogP contribution in [0.2, 0.25) is 0 Å². The van der Waals surface area contributed by atoms with E-state index in [1.54, 1.807) is 48.5 Å². The molecule has 2 aromatic rings. The van der Waals surface area contributed by atoms with Gasteiger partial charge in [-0.1, -0.05) is 56.3 Å². The molecule has 2 rings (SSSR count). The van der Waals surface area contributed by atoms with Crippen LogP contribution in [-0.2, 0) is 51.1 Å². The Balaban J connectivity index is 2.00. The largest absolute Gasteiger partial charge is 0.463 e. The number of carbonyl (C=O) groups is 7. The van der Waals surface area contributed by atoms with Crippen LogP contribution in [-0.4, -0.2) is 116 Å². The zero-order valence-electron chi connectivity index (χ0n) is 31.0. The highest BCUT2D eigenvalue weighted by Crippen LogP contribution is 2.14. The van der Waals surface area contributed by atoms with E-state index < -0.39 is 72.7 Å². The van der Waals surface area contributed by atoms with Gasteiger partial charge in [0.25, 0.3) is 0 Å². The lowest BCUT2D eigenvalue weighted by molar-refractivity contribution is -0.148. The van der Waals surface area contributed by atoms with Crippen LogP contribution in [0.25, 0.3) is 0 Å². The first-order valence-corrected chi connectivity index (χ1v) is 18.8. The summed E-state index contributed by atoms with van der Waals surface area (Å²) in [5.41, 5.74) is 1.42. The number of nitrogens with one attached hydrogen (secondary N) is 5. The van der Waals surface area contributed by atoms with Crippen LogP contribution in [0, 0.1) is 0 Å². The molecule has 0 aliphatic rings. The van der Waals surface area contributed by atoms with Crippen LogP contribution < -0.4 is 31.3 Å². The molecule has 0 aliphatic carbocycles. The van der Waals surface area contributed by atoms with Gasteiger partial charge in [-0.15, -0.1) is 0 Å². The van der Waals surface area contributed by atoms with E-state index in [0.717, 1.165) is 18.7 Å². The topological polar surface area (TPSA) is 201 Å². The van der Waals surface area contributed by atoms with Gasteiger partial charge in [0.1, 0.15) is 30.5 Å². The molecular weight excluding hydrogens is 705 g/mol. The number of benzene rings is 2. The van der Waals surface area contributed by atoms with E-state index in [9.17, 15) is 33.6 Å². The van der Waals surface area contributed by atoms with Crippen molar-refractivity contribution in [3.63, 3.8) is 0 Å². The molecule has 2 aromatic carbocycles. The average Bonchev–Trinajstić information content (AvgIpc) is 3.13. The fourth-order valence-corrected chi connectivity index (χ4v) is 5.53. The second-order valence-electron chi connectivity index (χ2n) is 12.0. The molecule has 3 unspecified atom stereocenters. The van der Waals surface area contributed by atoms with E-state index >= 15 is 0 Å². The molecule has 0 saturated heterocycles. The Morgan fingerprint density at radius 1 is 0.717 bits per heavy atom. The number of ether oxygens (including phenoxy) is 2. The predicted octanol–water partition coefficient (Wildman–Crippen LogP) is 0.742. The molecule has 0 heterocycles. The summed E-state index contributed by atoms with van der Waals surface area (Å²) in [6.45, 7) is 7.94. The van der Waals surface area contributed by atoms with Crippen molar-refractivity contribution in [1.29, 1.82) is 0 Å². The molecule has 0 aromatic heterocycles. The van der Waals surface area contributed by atoms with Gasteiger partial charge >= 0.3 is 11.9 Å². The lowest BCUT2D eigenvalue weighted by Crippen LogP contribution is -2.54. The number of amides is 5. The van der Waals surface area contributed by atoms with Crippen molar-refractivity contribution in [2.24, 2.45) is 0 Å². The second kappa shape index (κ2) is 24.3. The molecule has 3 atom stereocenters. The molecule has 5 N–H and O–H groups in total. The summed E-state index contributed by atoms with van der Waals surface area (Å²) in [6, 6.07) is 12.4. The minimum atomic E-state index is -1.08. The molecule has 0 spiro atoms. The van der Waals surface area contributed by atoms with E-state index in [0.29, 0.717) is 30.0 Å². The summed E-state index contributed by atoms with van der Waals surface area (Å²) in [5, 5.41) is 12.8. The van der Waals surface area contributed by atoms with Crippen LogP contribution in [0.1, 0.15) is 45.2 Å². The summed E-state index contributed by atoms with van der Waals surface area (Å²) in [4.78, 5) is 90.1. The van der Waals surface area contributed by atoms with Gasteiger partial charge < -0.3 is 41.0 Å². The van der Waals surface area contributed by atoms with Crippen LogP contribution in [0.3, 0.4) is 0 Å². The predicted molar refractivity (Wildman–Crippen MR) is 201 cm³/mol. The maximum atomic E-state index is 13.5. The molecule has 5 amide bonds. The molecule has 290 valence electrons. The van der Waals surface area contributed by atoms with Crippen LogP contribution in [0.5, 0.6) is 5.75 Å². The second-order valence-corrected chi connectivity index (χ2v) is 13.0. The van der Waals surface area contributed by atoms with Gasteiger partial charge in [-0.05, 0) is 54.8 Å². The third kappa shape index (κ3) is 17.9. The number of thioether (sulfide) groups is 1. The number of hydrogen-bond donors (Lipinski definition) is 5. The van der Waals surface area contributed by atoms with Gasteiger partial charge in [0, 0.05) is 33.2 Å². The fourth-order valence-electron chi connectivity index (χ4n) is 5.06. The summed E-state index contributed by atoms with van der Waals surface area (Å²) in [6.07, 6.45) is 2.42. The highest BCUT2D eigenvalue weighted by molar-refractivity contribution is 7.98. The number of hydrogen-bond acceptors (Lipinski definition) is 11. The summed E-state index contributed by atoms with van der Waals surface area (Å²) >= 11 is 1.52. The van der Waals surface area contributed by atoms with Crippen molar-refractivity contribution >= 4 is 53.2 Å². The average molecular weight is 757 g/mol. The van der Waals surface area contributed by atoms with Crippen LogP contribution >= 0.6 is 11.8 Å². The zero-order chi connectivity index (χ0) is 39.2. The first-order chi connectivity index (χ1) is 25.3. The third-order valence-electron chi connectivity index (χ3n) is 7.88. The fraction of sp³-hybridized carbons (Fsp3) is 0.486. The van der Waals surface area contributed by atoms with E-state index in [4.69, 9.17) is 9.47 Å². The minimum absolute atomic E-state index is 0.0901. The quantitative estimate of drug-likeness (QED) is 0.0792. The molecule has 16 heteroatoms. The standard InChI is InChI=1S/C37H52N6O9S/c1-6-43(7-2)18-19-51-37(50)30(17-20-53-5)42-36(49)32(21-27-11-9-8-10-12-27)41-34(47)24-38-33(46)23-39-35(48)31(40-25(3)44)22-28-13-15-29(16-14-28)52-26(4)45/h8-16,30-32H,6-7,17-24H2,1-5H3,(H,38,46)(H,39,48)(H,40,44)(H,41,47)(H,42,49). The Hall–Kier alpha value is -4.96. The molecule has 53 heavy (non-hydrogen) atoms. The Morgan fingerprint density at radius 2 is 1.32 bits per heavy atom. The van der Waals surface area contributed by atoms with E-state index in [-0.39, 0.29) is 19.4 Å². The highest BCUT2D eigenvalue weighted by Gasteiger charge is 2.28. The van der Waals surface area contributed by atoms with Crippen molar-refractivity contribution < 1.29 is 43.0 Å². The minimum Gasteiger partial charge on any atom is -0.463 e. The van der Waals surface area contributed by atoms with Crippen molar-refractivity contribution in [1.82, 2.24) is 31.5 Å². The van der Waals surface area contributed by atoms with E-state index in [1.807, 2.05) is 26.2 Å².